The van der Waals surface area contributed by atoms with Crippen molar-refractivity contribution in [2.24, 2.45) is 5.92 Å². The standard InChI is InChI=1S/C13H19N3O3/c1-8-9(2)14-15-12(18)11(8)13(19)16-5-3-10(7-17)4-6-16/h10,17H,3-7H2,1-2H3,(H,15,18). The highest BCUT2D eigenvalue weighted by Crippen LogP contribution is 2.18. The number of aromatic nitrogens is 2. The second kappa shape index (κ2) is 5.52. The van der Waals surface area contributed by atoms with Crippen LogP contribution in [-0.4, -0.2) is 45.8 Å². The molecule has 1 aromatic rings. The number of nitrogens with zero attached hydrogens (tertiary/aromatic N) is 2. The third-order valence-corrected chi connectivity index (χ3v) is 3.84. The van der Waals surface area contributed by atoms with Crippen LogP contribution in [0.25, 0.3) is 0 Å². The molecule has 2 rings (SSSR count). The molecular weight excluding hydrogens is 246 g/mol. The topological polar surface area (TPSA) is 86.3 Å². The summed E-state index contributed by atoms with van der Waals surface area (Å²) in [5.41, 5.74) is 1.05. The quantitative estimate of drug-likeness (QED) is 0.801. The van der Waals surface area contributed by atoms with Crippen molar-refractivity contribution in [3.63, 3.8) is 0 Å². The van der Waals surface area contributed by atoms with Crippen molar-refractivity contribution in [1.82, 2.24) is 15.1 Å². The highest BCUT2D eigenvalue weighted by molar-refractivity contribution is 5.95. The maximum Gasteiger partial charge on any atom is 0.277 e. The molecule has 1 amide bonds. The van der Waals surface area contributed by atoms with Crippen LogP contribution >= 0.6 is 0 Å². The van der Waals surface area contributed by atoms with Gasteiger partial charge in [0, 0.05) is 19.7 Å². The minimum atomic E-state index is -0.433. The fraction of sp³-hybridized carbons (Fsp3) is 0.615. The van der Waals surface area contributed by atoms with Gasteiger partial charge in [0.05, 0.1) is 5.69 Å². The fourth-order valence-corrected chi connectivity index (χ4v) is 2.36. The van der Waals surface area contributed by atoms with Crippen molar-refractivity contribution in [3.05, 3.63) is 27.2 Å². The molecule has 1 aromatic heterocycles. The Kier molecular flexibility index (Phi) is 3.99. The van der Waals surface area contributed by atoms with Crippen LogP contribution in [0.1, 0.15) is 34.5 Å². The predicted octanol–water partition coefficient (Wildman–Crippen LogP) is 0.231. The van der Waals surface area contributed by atoms with Gasteiger partial charge in [-0.1, -0.05) is 0 Å². The molecule has 0 spiro atoms. The number of carbonyl (C=O) groups is 1. The number of rotatable bonds is 2. The normalized spacial score (nSPS) is 16.7. The first kappa shape index (κ1) is 13.7. The van der Waals surface area contributed by atoms with E-state index in [9.17, 15) is 9.59 Å². The fourth-order valence-electron chi connectivity index (χ4n) is 2.36. The largest absolute Gasteiger partial charge is 0.396 e. The number of aliphatic hydroxyl groups excluding tert-OH is 1. The highest BCUT2D eigenvalue weighted by Gasteiger charge is 2.26. The molecule has 2 N–H and O–H groups in total. The molecule has 0 aliphatic carbocycles. The van der Waals surface area contributed by atoms with E-state index in [2.05, 4.69) is 10.2 Å². The molecule has 0 saturated carbocycles. The molecule has 6 nitrogen and oxygen atoms in total. The molecule has 1 saturated heterocycles. The summed E-state index contributed by atoms with van der Waals surface area (Å²) in [6, 6.07) is 0. The molecule has 6 heteroatoms. The van der Waals surface area contributed by atoms with Crippen LogP contribution in [0.15, 0.2) is 4.79 Å². The summed E-state index contributed by atoms with van der Waals surface area (Å²) in [4.78, 5) is 25.9. The van der Waals surface area contributed by atoms with Crippen LogP contribution in [0.5, 0.6) is 0 Å². The minimum absolute atomic E-state index is 0.163. The van der Waals surface area contributed by atoms with E-state index in [1.165, 1.54) is 0 Å². The number of hydrogen-bond acceptors (Lipinski definition) is 4. The van der Waals surface area contributed by atoms with Crippen molar-refractivity contribution in [1.29, 1.82) is 0 Å². The zero-order valence-corrected chi connectivity index (χ0v) is 11.3. The first-order valence-electron chi connectivity index (χ1n) is 6.50. The molecule has 0 radical (unpaired) electrons. The van der Waals surface area contributed by atoms with E-state index in [1.54, 1.807) is 18.7 Å². The third-order valence-electron chi connectivity index (χ3n) is 3.84. The van der Waals surface area contributed by atoms with Crippen molar-refractivity contribution in [3.8, 4) is 0 Å². The lowest BCUT2D eigenvalue weighted by molar-refractivity contribution is 0.0648. The van der Waals surface area contributed by atoms with Gasteiger partial charge in [0.25, 0.3) is 11.5 Å². The number of aromatic amines is 1. The first-order valence-corrected chi connectivity index (χ1v) is 6.50. The SMILES string of the molecule is Cc1n[nH]c(=O)c(C(=O)N2CCC(CO)CC2)c1C. The molecule has 1 aliphatic heterocycles. The average Bonchev–Trinajstić information content (AvgIpc) is 2.43. The van der Waals surface area contributed by atoms with Gasteiger partial charge in [0.15, 0.2) is 0 Å². The first-order chi connectivity index (χ1) is 9.04. The lowest BCUT2D eigenvalue weighted by Gasteiger charge is -2.31. The van der Waals surface area contributed by atoms with Gasteiger partial charge in [-0.15, -0.1) is 0 Å². The Morgan fingerprint density at radius 3 is 2.63 bits per heavy atom. The summed E-state index contributed by atoms with van der Waals surface area (Å²) in [7, 11) is 0. The average molecular weight is 265 g/mol. The summed E-state index contributed by atoms with van der Waals surface area (Å²) >= 11 is 0. The van der Waals surface area contributed by atoms with Crippen molar-refractivity contribution in [2.45, 2.75) is 26.7 Å². The van der Waals surface area contributed by atoms with Crippen LogP contribution in [-0.2, 0) is 0 Å². The maximum atomic E-state index is 12.4. The number of aliphatic hydroxyl groups is 1. The number of carbonyl (C=O) groups excluding carboxylic acids is 1. The molecular formula is C13H19N3O3. The molecule has 19 heavy (non-hydrogen) atoms. The van der Waals surface area contributed by atoms with E-state index in [-0.39, 0.29) is 24.0 Å². The zero-order chi connectivity index (χ0) is 14.0. The van der Waals surface area contributed by atoms with Gasteiger partial charge >= 0.3 is 0 Å². The van der Waals surface area contributed by atoms with Crippen LogP contribution in [0.3, 0.4) is 0 Å². The van der Waals surface area contributed by atoms with Gasteiger partial charge in [-0.3, -0.25) is 9.59 Å². The van der Waals surface area contributed by atoms with Gasteiger partial charge in [-0.2, -0.15) is 5.10 Å². The predicted molar refractivity (Wildman–Crippen MR) is 70.0 cm³/mol. The van der Waals surface area contributed by atoms with E-state index in [1.807, 2.05) is 0 Å². The number of H-pyrrole nitrogens is 1. The minimum Gasteiger partial charge on any atom is -0.396 e. The Bertz CT molecular complexity index is 530. The van der Waals surface area contributed by atoms with Crippen molar-refractivity contribution >= 4 is 5.91 Å². The Morgan fingerprint density at radius 2 is 2.05 bits per heavy atom. The summed E-state index contributed by atoms with van der Waals surface area (Å²) < 4.78 is 0. The van der Waals surface area contributed by atoms with Crippen LogP contribution in [0.2, 0.25) is 0 Å². The van der Waals surface area contributed by atoms with E-state index >= 15 is 0 Å². The molecule has 2 heterocycles. The number of amides is 1. The lowest BCUT2D eigenvalue weighted by Crippen LogP contribution is -2.41. The summed E-state index contributed by atoms with van der Waals surface area (Å²) in [6.45, 7) is 4.84. The number of piperidine rings is 1. The van der Waals surface area contributed by atoms with Gasteiger partial charge in [0.2, 0.25) is 0 Å². The monoisotopic (exact) mass is 265 g/mol. The van der Waals surface area contributed by atoms with E-state index in [0.717, 1.165) is 12.8 Å². The molecule has 0 atom stereocenters. The summed E-state index contributed by atoms with van der Waals surface area (Å²) in [5.74, 6) is 0.0308. The molecule has 0 aromatic carbocycles. The number of aryl methyl sites for hydroxylation is 1. The van der Waals surface area contributed by atoms with E-state index in [4.69, 9.17) is 5.11 Å². The second-order valence-corrected chi connectivity index (χ2v) is 5.06. The van der Waals surface area contributed by atoms with Gasteiger partial charge < -0.3 is 10.0 Å². The van der Waals surface area contributed by atoms with Crippen LogP contribution in [0, 0.1) is 19.8 Å². The molecule has 0 bridgehead atoms. The van der Waals surface area contributed by atoms with Crippen LogP contribution in [0.4, 0.5) is 0 Å². The summed E-state index contributed by atoms with van der Waals surface area (Å²) in [5, 5.41) is 15.3. The maximum absolute atomic E-state index is 12.4. The van der Waals surface area contributed by atoms with Crippen LogP contribution < -0.4 is 5.56 Å². The van der Waals surface area contributed by atoms with Gasteiger partial charge in [0.1, 0.15) is 5.56 Å². The van der Waals surface area contributed by atoms with Crippen molar-refractivity contribution < 1.29 is 9.90 Å². The van der Waals surface area contributed by atoms with E-state index in [0.29, 0.717) is 24.3 Å². The lowest BCUT2D eigenvalue weighted by atomic mass is 9.97. The molecule has 0 unspecified atom stereocenters. The van der Waals surface area contributed by atoms with Gasteiger partial charge in [-0.05, 0) is 38.2 Å². The molecule has 104 valence electrons. The second-order valence-electron chi connectivity index (χ2n) is 5.06. The third kappa shape index (κ3) is 2.68. The Hall–Kier alpha value is -1.69. The molecule has 1 aliphatic rings. The highest BCUT2D eigenvalue weighted by atomic mass is 16.3. The number of hydrogen-bond donors (Lipinski definition) is 2. The Morgan fingerprint density at radius 1 is 1.42 bits per heavy atom. The number of nitrogens with one attached hydrogen (secondary N) is 1. The summed E-state index contributed by atoms with van der Waals surface area (Å²) in [6.07, 6.45) is 1.56. The van der Waals surface area contributed by atoms with Gasteiger partial charge in [-0.25, -0.2) is 5.10 Å². The molecule has 1 fully saturated rings. The Labute approximate surface area is 111 Å². The smallest absolute Gasteiger partial charge is 0.277 e. The zero-order valence-electron chi connectivity index (χ0n) is 11.3. The number of likely N-dealkylation sites (tertiary alicyclic amines) is 1. The van der Waals surface area contributed by atoms with Crippen molar-refractivity contribution in [2.75, 3.05) is 19.7 Å². The Balaban J connectivity index is 2.22. The van der Waals surface area contributed by atoms with E-state index < -0.39 is 5.56 Å².